The highest BCUT2D eigenvalue weighted by molar-refractivity contribution is 5.92. The lowest BCUT2D eigenvalue weighted by Gasteiger charge is -2.31. The van der Waals surface area contributed by atoms with E-state index in [1.807, 2.05) is 66.4 Å². The van der Waals surface area contributed by atoms with Gasteiger partial charge in [-0.2, -0.15) is 0 Å². The molecule has 3 aromatic rings. The van der Waals surface area contributed by atoms with Crippen molar-refractivity contribution < 1.29 is 4.79 Å². The first-order chi connectivity index (χ1) is 15.6. The number of unbranched alkanes of at least 4 members (excludes halogenated alkanes) is 3. The van der Waals surface area contributed by atoms with Crippen LogP contribution in [0.2, 0.25) is 0 Å². The molecule has 1 unspecified atom stereocenters. The summed E-state index contributed by atoms with van der Waals surface area (Å²) in [5.74, 6) is 0.577. The summed E-state index contributed by atoms with van der Waals surface area (Å²) in [6.07, 6.45) is 8.44. The third kappa shape index (κ3) is 5.52. The van der Waals surface area contributed by atoms with E-state index in [1.165, 1.54) is 0 Å². The molecule has 0 N–H and O–H groups in total. The lowest BCUT2D eigenvalue weighted by Crippen LogP contribution is -2.38. The van der Waals surface area contributed by atoms with Crippen molar-refractivity contribution in [3.63, 3.8) is 0 Å². The van der Waals surface area contributed by atoms with E-state index in [-0.39, 0.29) is 17.5 Å². The van der Waals surface area contributed by atoms with E-state index >= 15 is 0 Å². The molecule has 5 heteroatoms. The summed E-state index contributed by atoms with van der Waals surface area (Å²) in [6, 6.07) is 16.9. The van der Waals surface area contributed by atoms with Gasteiger partial charge < -0.3 is 4.90 Å². The van der Waals surface area contributed by atoms with E-state index in [0.717, 1.165) is 31.2 Å². The molecule has 0 bridgehead atoms. The Hall–Kier alpha value is -3.21. The van der Waals surface area contributed by atoms with E-state index in [1.54, 1.807) is 23.8 Å². The Labute approximate surface area is 190 Å². The maximum absolute atomic E-state index is 13.3. The van der Waals surface area contributed by atoms with Crippen molar-refractivity contribution in [3.8, 4) is 0 Å². The first-order valence-electron chi connectivity index (χ1n) is 11.6. The van der Waals surface area contributed by atoms with E-state index in [4.69, 9.17) is 4.98 Å². The first-order valence-corrected chi connectivity index (χ1v) is 11.6. The molecular weight excluding hydrogens is 398 g/mol. The summed E-state index contributed by atoms with van der Waals surface area (Å²) < 4.78 is 1.60. The summed E-state index contributed by atoms with van der Waals surface area (Å²) >= 11 is 0. The molecule has 3 rings (SSSR count). The van der Waals surface area contributed by atoms with Gasteiger partial charge in [-0.15, -0.1) is 0 Å². The Kier molecular flexibility index (Phi) is 8.37. The molecule has 0 aliphatic carbocycles. The molecule has 32 heavy (non-hydrogen) atoms. The number of amides is 1. The topological polar surface area (TPSA) is 55.2 Å². The van der Waals surface area contributed by atoms with Gasteiger partial charge in [-0.25, -0.2) is 4.98 Å². The fraction of sp³-hybridized carbons (Fsp3) is 0.370. The Bertz CT molecular complexity index is 1120. The first kappa shape index (κ1) is 23.5. The lowest BCUT2D eigenvalue weighted by atomic mass is 10.1. The van der Waals surface area contributed by atoms with Crippen molar-refractivity contribution in [2.75, 3.05) is 6.54 Å². The molecule has 0 radical (unpaired) electrons. The highest BCUT2D eigenvalue weighted by atomic mass is 16.2. The van der Waals surface area contributed by atoms with Gasteiger partial charge in [0.25, 0.3) is 5.56 Å². The van der Waals surface area contributed by atoms with Crippen molar-refractivity contribution >= 4 is 22.9 Å². The summed E-state index contributed by atoms with van der Waals surface area (Å²) in [4.78, 5) is 33.0. The smallest absolute Gasteiger partial charge is 0.261 e. The predicted molar refractivity (Wildman–Crippen MR) is 131 cm³/mol. The molecule has 0 aliphatic rings. The second-order valence-corrected chi connectivity index (χ2v) is 8.11. The zero-order valence-electron chi connectivity index (χ0n) is 19.3. The number of rotatable bonds is 10. The van der Waals surface area contributed by atoms with Crippen molar-refractivity contribution in [2.24, 2.45) is 7.05 Å². The van der Waals surface area contributed by atoms with Crippen LogP contribution in [0.25, 0.3) is 17.0 Å². The normalized spacial score (nSPS) is 12.3. The van der Waals surface area contributed by atoms with Crippen molar-refractivity contribution in [2.45, 2.75) is 52.0 Å². The maximum atomic E-state index is 13.3. The van der Waals surface area contributed by atoms with E-state index in [2.05, 4.69) is 6.92 Å². The standard InChI is InChI=1S/C27H33N3O2/c1-4-6-7-13-20-30(25(31)19-18-21-14-9-8-10-15-21)24(5-2)26-28-23-17-12-11-16-22(23)27(32)29(26)3/h8-12,14-19,24H,4-7,13,20H2,1-3H3/b19-18+. The summed E-state index contributed by atoms with van der Waals surface area (Å²) in [6.45, 7) is 4.85. The van der Waals surface area contributed by atoms with Crippen LogP contribution in [0.15, 0.2) is 65.5 Å². The minimum Gasteiger partial charge on any atom is -0.329 e. The van der Waals surface area contributed by atoms with Gasteiger partial charge in [0.2, 0.25) is 5.91 Å². The zero-order chi connectivity index (χ0) is 22.9. The van der Waals surface area contributed by atoms with Crippen LogP contribution in [-0.4, -0.2) is 26.9 Å². The van der Waals surface area contributed by atoms with Crippen molar-refractivity contribution in [1.82, 2.24) is 14.5 Å². The van der Waals surface area contributed by atoms with Gasteiger partial charge in [-0.3, -0.25) is 14.2 Å². The van der Waals surface area contributed by atoms with Crippen LogP contribution >= 0.6 is 0 Å². The molecule has 0 spiro atoms. The second kappa shape index (κ2) is 11.4. The highest BCUT2D eigenvalue weighted by Crippen LogP contribution is 2.25. The molecule has 1 atom stereocenters. The average Bonchev–Trinajstić information content (AvgIpc) is 2.83. The van der Waals surface area contributed by atoms with Gasteiger partial charge in [0.05, 0.1) is 16.9 Å². The fourth-order valence-corrected chi connectivity index (χ4v) is 4.03. The third-order valence-electron chi connectivity index (χ3n) is 5.83. The average molecular weight is 432 g/mol. The van der Waals surface area contributed by atoms with Crippen molar-refractivity contribution in [1.29, 1.82) is 0 Å². The molecule has 0 fully saturated rings. The molecule has 0 saturated carbocycles. The molecule has 168 valence electrons. The van der Waals surface area contributed by atoms with Gasteiger partial charge in [0.15, 0.2) is 0 Å². The van der Waals surface area contributed by atoms with Gasteiger partial charge in [0, 0.05) is 19.7 Å². The minimum atomic E-state index is -0.271. The number of fused-ring (bicyclic) bond motifs is 1. The van der Waals surface area contributed by atoms with Crippen LogP contribution in [0.4, 0.5) is 0 Å². The van der Waals surface area contributed by atoms with E-state index < -0.39 is 0 Å². The number of para-hydroxylation sites is 1. The van der Waals surface area contributed by atoms with Crippen LogP contribution in [0.3, 0.4) is 0 Å². The Morgan fingerprint density at radius 2 is 1.75 bits per heavy atom. The summed E-state index contributed by atoms with van der Waals surface area (Å²) in [7, 11) is 1.75. The molecule has 5 nitrogen and oxygen atoms in total. The predicted octanol–water partition coefficient (Wildman–Crippen LogP) is 5.51. The minimum absolute atomic E-state index is 0.0559. The molecule has 0 saturated heterocycles. The summed E-state index contributed by atoms with van der Waals surface area (Å²) in [5.41, 5.74) is 1.57. The van der Waals surface area contributed by atoms with Gasteiger partial charge in [0.1, 0.15) is 5.82 Å². The maximum Gasteiger partial charge on any atom is 0.261 e. The van der Waals surface area contributed by atoms with Gasteiger partial charge in [-0.05, 0) is 36.6 Å². The molecular formula is C27H33N3O2. The van der Waals surface area contributed by atoms with Crippen LogP contribution in [0.5, 0.6) is 0 Å². The number of aromatic nitrogens is 2. The largest absolute Gasteiger partial charge is 0.329 e. The van der Waals surface area contributed by atoms with E-state index in [9.17, 15) is 9.59 Å². The number of nitrogens with zero attached hydrogens (tertiary/aromatic N) is 3. The third-order valence-corrected chi connectivity index (χ3v) is 5.83. The number of carbonyl (C=O) groups is 1. The number of carbonyl (C=O) groups excluding carboxylic acids is 1. The number of benzene rings is 2. The zero-order valence-corrected chi connectivity index (χ0v) is 19.3. The van der Waals surface area contributed by atoms with Crippen LogP contribution < -0.4 is 5.56 Å². The van der Waals surface area contributed by atoms with Crippen LogP contribution in [-0.2, 0) is 11.8 Å². The Morgan fingerprint density at radius 3 is 2.47 bits per heavy atom. The van der Waals surface area contributed by atoms with Gasteiger partial charge in [-0.1, -0.05) is 75.6 Å². The fourth-order valence-electron chi connectivity index (χ4n) is 4.03. The lowest BCUT2D eigenvalue weighted by molar-refractivity contribution is -0.128. The molecule has 0 aliphatic heterocycles. The monoisotopic (exact) mass is 431 g/mol. The van der Waals surface area contributed by atoms with Gasteiger partial charge >= 0.3 is 0 Å². The quantitative estimate of drug-likeness (QED) is 0.314. The SMILES string of the molecule is CCCCCCN(C(=O)/C=C/c1ccccc1)C(CC)c1nc2ccccc2c(=O)n1C. The Balaban J connectivity index is 1.97. The number of hydrogen-bond acceptors (Lipinski definition) is 3. The van der Waals surface area contributed by atoms with Crippen molar-refractivity contribution in [3.05, 3.63) is 82.4 Å². The number of hydrogen-bond donors (Lipinski definition) is 0. The molecule has 1 amide bonds. The highest BCUT2D eigenvalue weighted by Gasteiger charge is 2.26. The summed E-state index contributed by atoms with van der Waals surface area (Å²) in [5, 5.41) is 0.596. The van der Waals surface area contributed by atoms with E-state index in [0.29, 0.717) is 29.7 Å². The second-order valence-electron chi connectivity index (χ2n) is 8.11. The Morgan fingerprint density at radius 1 is 1.03 bits per heavy atom. The van der Waals surface area contributed by atoms with Crippen LogP contribution in [0, 0.1) is 0 Å². The molecule has 1 heterocycles. The van der Waals surface area contributed by atoms with Crippen LogP contribution in [0.1, 0.15) is 63.4 Å². The molecule has 1 aromatic heterocycles. The molecule has 2 aromatic carbocycles.